The number of aromatic nitrogens is 1. The number of nitrogens with zero attached hydrogens (tertiary/aromatic N) is 3. The molecule has 1 aromatic rings. The molecule has 1 amide bonds. The Kier molecular flexibility index (Phi) is 5.96. The molecule has 0 aromatic carbocycles. The summed E-state index contributed by atoms with van der Waals surface area (Å²) in [7, 11) is 3.58. The van der Waals surface area contributed by atoms with Gasteiger partial charge in [-0.15, -0.1) is 11.3 Å². The summed E-state index contributed by atoms with van der Waals surface area (Å²) in [5.41, 5.74) is 6.03. The number of carbonyl (C=O) groups excluding carboxylic acids is 1. The number of rotatable bonds is 6. The van der Waals surface area contributed by atoms with Crippen LogP contribution in [0.1, 0.15) is 23.3 Å². The molecule has 2 rings (SSSR count). The summed E-state index contributed by atoms with van der Waals surface area (Å²) in [6.45, 7) is 4.73. The molecule has 1 aliphatic rings. The highest BCUT2D eigenvalue weighted by Gasteiger charge is 2.23. The summed E-state index contributed by atoms with van der Waals surface area (Å²) >= 11 is 1.30. The van der Waals surface area contributed by atoms with Gasteiger partial charge in [0.25, 0.3) is 5.91 Å². The molecule has 7 heteroatoms. The Bertz CT molecular complexity index is 458. The van der Waals surface area contributed by atoms with E-state index in [-0.39, 0.29) is 5.91 Å². The van der Waals surface area contributed by atoms with Crippen molar-refractivity contribution in [3.63, 3.8) is 0 Å². The first-order valence-corrected chi connectivity index (χ1v) is 8.16. The molecule has 1 aromatic heterocycles. The van der Waals surface area contributed by atoms with Crippen molar-refractivity contribution in [2.24, 2.45) is 5.92 Å². The number of amides is 1. The Balaban J connectivity index is 1.76. The second-order valence-electron chi connectivity index (χ2n) is 5.53. The highest BCUT2D eigenvalue weighted by atomic mass is 32.1. The van der Waals surface area contributed by atoms with E-state index in [1.54, 1.807) is 17.4 Å². The summed E-state index contributed by atoms with van der Waals surface area (Å²) < 4.78 is 5.11. The van der Waals surface area contributed by atoms with Crippen LogP contribution in [0, 0.1) is 5.92 Å². The Morgan fingerprint density at radius 1 is 1.57 bits per heavy atom. The molecular formula is C14H24N4O2S. The molecule has 6 nitrogen and oxygen atoms in total. The van der Waals surface area contributed by atoms with Crippen LogP contribution in [0.4, 0.5) is 5.13 Å². The molecule has 1 saturated heterocycles. The first-order valence-electron chi connectivity index (χ1n) is 7.28. The van der Waals surface area contributed by atoms with Crippen LogP contribution in [-0.4, -0.2) is 67.6 Å². The van der Waals surface area contributed by atoms with E-state index in [0.29, 0.717) is 16.7 Å². The molecule has 0 saturated carbocycles. The number of nitrogens with two attached hydrogens (primary N) is 1. The highest BCUT2D eigenvalue weighted by Crippen LogP contribution is 2.19. The molecule has 0 atom stereocenters. The van der Waals surface area contributed by atoms with E-state index in [9.17, 15) is 4.79 Å². The van der Waals surface area contributed by atoms with E-state index < -0.39 is 0 Å². The number of likely N-dealkylation sites (tertiary alicyclic amines) is 1. The molecule has 1 aliphatic heterocycles. The van der Waals surface area contributed by atoms with Crippen molar-refractivity contribution in [3.05, 3.63) is 11.1 Å². The van der Waals surface area contributed by atoms with Gasteiger partial charge in [0.2, 0.25) is 0 Å². The van der Waals surface area contributed by atoms with Gasteiger partial charge in [-0.05, 0) is 31.8 Å². The maximum absolute atomic E-state index is 12.2. The average Bonchev–Trinajstić information content (AvgIpc) is 2.92. The van der Waals surface area contributed by atoms with E-state index >= 15 is 0 Å². The summed E-state index contributed by atoms with van der Waals surface area (Å²) in [4.78, 5) is 20.5. The maximum Gasteiger partial charge on any atom is 0.273 e. The minimum Gasteiger partial charge on any atom is -0.383 e. The van der Waals surface area contributed by atoms with Crippen LogP contribution >= 0.6 is 11.3 Å². The van der Waals surface area contributed by atoms with Crippen molar-refractivity contribution < 1.29 is 9.53 Å². The van der Waals surface area contributed by atoms with Crippen molar-refractivity contribution in [3.8, 4) is 0 Å². The second-order valence-corrected chi connectivity index (χ2v) is 6.42. The lowest BCUT2D eigenvalue weighted by atomic mass is 9.96. The Labute approximate surface area is 129 Å². The number of thiazole rings is 1. The topological polar surface area (TPSA) is 71.7 Å². The van der Waals surface area contributed by atoms with Gasteiger partial charge < -0.3 is 20.3 Å². The zero-order chi connectivity index (χ0) is 15.2. The SMILES string of the molecule is COCCN1CCC(CN(C)C(=O)c2csc(N)n2)CC1. The second kappa shape index (κ2) is 7.72. The van der Waals surface area contributed by atoms with Crippen molar-refractivity contribution in [2.45, 2.75) is 12.8 Å². The van der Waals surface area contributed by atoms with Crippen molar-refractivity contribution in [2.75, 3.05) is 52.7 Å². The highest BCUT2D eigenvalue weighted by molar-refractivity contribution is 7.13. The van der Waals surface area contributed by atoms with Gasteiger partial charge in [-0.25, -0.2) is 4.98 Å². The smallest absolute Gasteiger partial charge is 0.273 e. The summed E-state index contributed by atoms with van der Waals surface area (Å²) in [6.07, 6.45) is 2.25. The molecule has 118 valence electrons. The van der Waals surface area contributed by atoms with Gasteiger partial charge in [-0.2, -0.15) is 0 Å². The fourth-order valence-electron chi connectivity index (χ4n) is 2.66. The van der Waals surface area contributed by atoms with Crippen LogP contribution in [0.3, 0.4) is 0 Å². The number of carbonyl (C=O) groups is 1. The minimum atomic E-state index is -0.0373. The number of methoxy groups -OCH3 is 1. The van der Waals surface area contributed by atoms with Crippen LogP contribution in [0.25, 0.3) is 0 Å². The Morgan fingerprint density at radius 2 is 2.29 bits per heavy atom. The van der Waals surface area contributed by atoms with Gasteiger partial charge in [-0.1, -0.05) is 0 Å². The van der Waals surface area contributed by atoms with Crippen molar-refractivity contribution >= 4 is 22.4 Å². The first-order chi connectivity index (χ1) is 10.1. The molecule has 0 unspecified atom stereocenters. The molecule has 2 heterocycles. The third-order valence-electron chi connectivity index (χ3n) is 3.94. The van der Waals surface area contributed by atoms with Gasteiger partial charge in [0.15, 0.2) is 5.13 Å². The van der Waals surface area contributed by atoms with E-state index in [0.717, 1.165) is 45.6 Å². The number of nitrogen functional groups attached to an aromatic ring is 1. The van der Waals surface area contributed by atoms with E-state index in [1.165, 1.54) is 11.3 Å². The normalized spacial score (nSPS) is 17.0. The lowest BCUT2D eigenvalue weighted by Gasteiger charge is -2.33. The predicted molar refractivity (Wildman–Crippen MR) is 84.5 cm³/mol. The van der Waals surface area contributed by atoms with Crippen LogP contribution in [-0.2, 0) is 4.74 Å². The molecule has 2 N–H and O–H groups in total. The zero-order valence-corrected chi connectivity index (χ0v) is 13.6. The largest absolute Gasteiger partial charge is 0.383 e. The Morgan fingerprint density at radius 3 is 2.86 bits per heavy atom. The number of hydrogen-bond acceptors (Lipinski definition) is 6. The lowest BCUT2D eigenvalue weighted by molar-refractivity contribution is 0.0719. The fraction of sp³-hybridized carbons (Fsp3) is 0.714. The molecule has 0 radical (unpaired) electrons. The fourth-order valence-corrected chi connectivity index (χ4v) is 3.20. The predicted octanol–water partition coefficient (Wildman–Crippen LogP) is 1.16. The third-order valence-corrected chi connectivity index (χ3v) is 4.61. The molecule has 0 aliphatic carbocycles. The van der Waals surface area contributed by atoms with Gasteiger partial charge in [-0.3, -0.25) is 4.79 Å². The van der Waals surface area contributed by atoms with Crippen molar-refractivity contribution in [1.29, 1.82) is 0 Å². The van der Waals surface area contributed by atoms with Crippen molar-refractivity contribution in [1.82, 2.24) is 14.8 Å². The monoisotopic (exact) mass is 312 g/mol. The third kappa shape index (κ3) is 4.66. The van der Waals surface area contributed by atoms with Gasteiger partial charge in [0, 0.05) is 32.6 Å². The standard InChI is InChI=1S/C14H24N4O2S/c1-17(13(19)12-10-21-14(15)16-12)9-11-3-5-18(6-4-11)7-8-20-2/h10-11H,3-9H2,1-2H3,(H2,15,16). The number of anilines is 1. The van der Waals surface area contributed by atoms with Crippen LogP contribution in [0.2, 0.25) is 0 Å². The molecule has 0 bridgehead atoms. The van der Waals surface area contributed by atoms with Crippen LogP contribution in [0.15, 0.2) is 5.38 Å². The minimum absolute atomic E-state index is 0.0373. The average molecular weight is 312 g/mol. The summed E-state index contributed by atoms with van der Waals surface area (Å²) in [6, 6.07) is 0. The summed E-state index contributed by atoms with van der Waals surface area (Å²) in [5.74, 6) is 0.526. The van der Waals surface area contributed by atoms with Crippen LogP contribution in [0.5, 0.6) is 0 Å². The van der Waals surface area contributed by atoms with Crippen LogP contribution < -0.4 is 5.73 Å². The maximum atomic E-state index is 12.2. The number of ether oxygens (including phenoxy) is 1. The van der Waals surface area contributed by atoms with E-state index in [4.69, 9.17) is 10.5 Å². The molecule has 1 fully saturated rings. The summed E-state index contributed by atoms with van der Waals surface area (Å²) in [5, 5.41) is 2.17. The van der Waals surface area contributed by atoms with E-state index in [1.807, 2.05) is 7.05 Å². The lowest BCUT2D eigenvalue weighted by Crippen LogP contribution is -2.40. The van der Waals surface area contributed by atoms with Gasteiger partial charge in [0.05, 0.1) is 6.61 Å². The molecular weight excluding hydrogens is 288 g/mol. The van der Waals surface area contributed by atoms with Gasteiger partial charge in [0.1, 0.15) is 5.69 Å². The van der Waals surface area contributed by atoms with Gasteiger partial charge >= 0.3 is 0 Å². The van der Waals surface area contributed by atoms with E-state index in [2.05, 4.69) is 9.88 Å². The Hall–Kier alpha value is -1.18. The zero-order valence-electron chi connectivity index (χ0n) is 12.7. The number of hydrogen-bond donors (Lipinski definition) is 1. The first kappa shape index (κ1) is 16.2. The molecule has 21 heavy (non-hydrogen) atoms. The number of piperidine rings is 1. The quantitative estimate of drug-likeness (QED) is 0.853. The molecule has 0 spiro atoms.